The van der Waals surface area contributed by atoms with Gasteiger partial charge in [-0.25, -0.2) is 4.98 Å². The van der Waals surface area contributed by atoms with Gasteiger partial charge in [0.25, 0.3) is 0 Å². The van der Waals surface area contributed by atoms with Gasteiger partial charge in [-0.15, -0.1) is 22.7 Å². The van der Waals surface area contributed by atoms with E-state index in [1.807, 2.05) is 16.8 Å². The Morgan fingerprint density at radius 1 is 1.42 bits per heavy atom. The molecule has 2 rings (SSSR count). The summed E-state index contributed by atoms with van der Waals surface area (Å²) in [6.45, 7) is 0.596. The third-order valence-electron chi connectivity index (χ3n) is 2.33. The smallest absolute Gasteiger partial charge is 0.226 e. The van der Waals surface area contributed by atoms with Crippen LogP contribution < -0.4 is 5.32 Å². The number of nitrogens with zero attached hydrogens (tertiary/aromatic N) is 1. The first-order chi connectivity index (χ1) is 9.19. The van der Waals surface area contributed by atoms with E-state index in [-0.39, 0.29) is 18.9 Å². The first kappa shape index (κ1) is 14.6. The maximum atomic E-state index is 11.6. The van der Waals surface area contributed by atoms with Gasteiger partial charge in [0.05, 0.1) is 17.0 Å². The summed E-state index contributed by atoms with van der Waals surface area (Å²) in [4.78, 5) is 17.2. The van der Waals surface area contributed by atoms with Crippen LogP contribution in [0.3, 0.4) is 0 Å². The number of halogens is 1. The molecule has 1 amide bonds. The number of carbonyl (C=O) groups excluding carboxylic acids is 1. The Bertz CT molecular complexity index is 553. The molecule has 0 saturated carbocycles. The number of aromatic nitrogens is 1. The monoisotopic (exact) mass is 360 g/mol. The first-order valence-corrected chi connectivity index (χ1v) is 8.30. The van der Waals surface area contributed by atoms with Crippen molar-refractivity contribution in [2.45, 2.75) is 12.8 Å². The van der Waals surface area contributed by atoms with Gasteiger partial charge in [0, 0.05) is 28.4 Å². The van der Waals surface area contributed by atoms with Crippen LogP contribution in [0.25, 0.3) is 9.88 Å². The summed E-state index contributed by atoms with van der Waals surface area (Å²) in [5, 5.41) is 16.2. The zero-order valence-electron chi connectivity index (χ0n) is 10.1. The Morgan fingerprint density at radius 2 is 2.26 bits per heavy atom. The van der Waals surface area contributed by atoms with Crippen molar-refractivity contribution in [2.75, 3.05) is 13.2 Å². The Hall–Kier alpha value is -0.760. The molecule has 0 radical (unpaired) electrons. The summed E-state index contributed by atoms with van der Waals surface area (Å²) in [6.07, 6.45) is 0.867. The van der Waals surface area contributed by atoms with Crippen molar-refractivity contribution in [2.24, 2.45) is 0 Å². The largest absolute Gasteiger partial charge is 0.396 e. The van der Waals surface area contributed by atoms with Crippen LogP contribution in [-0.4, -0.2) is 29.1 Å². The molecule has 2 aromatic heterocycles. The molecule has 0 aliphatic carbocycles. The van der Waals surface area contributed by atoms with Gasteiger partial charge in [-0.1, -0.05) is 0 Å². The third kappa shape index (κ3) is 4.38. The first-order valence-electron chi connectivity index (χ1n) is 5.75. The van der Waals surface area contributed by atoms with Crippen molar-refractivity contribution in [3.63, 3.8) is 0 Å². The Balaban J connectivity index is 1.92. The minimum Gasteiger partial charge on any atom is -0.396 e. The van der Waals surface area contributed by atoms with Gasteiger partial charge in [0.1, 0.15) is 5.01 Å². The van der Waals surface area contributed by atoms with E-state index in [1.165, 1.54) is 0 Å². The van der Waals surface area contributed by atoms with Gasteiger partial charge in [-0.3, -0.25) is 4.79 Å². The molecule has 0 saturated heterocycles. The van der Waals surface area contributed by atoms with Crippen LogP contribution in [0.4, 0.5) is 0 Å². The summed E-state index contributed by atoms with van der Waals surface area (Å²) in [7, 11) is 0. The van der Waals surface area contributed by atoms with Crippen LogP contribution in [0.5, 0.6) is 0 Å². The summed E-state index contributed by atoms with van der Waals surface area (Å²) in [5.41, 5.74) is 0.783. The molecule has 0 bridgehead atoms. The molecule has 0 spiro atoms. The van der Waals surface area contributed by atoms with E-state index in [9.17, 15) is 4.79 Å². The number of aliphatic hydroxyl groups is 1. The average molecular weight is 361 g/mol. The maximum Gasteiger partial charge on any atom is 0.226 e. The molecule has 2 N–H and O–H groups in total. The van der Waals surface area contributed by atoms with E-state index in [0.717, 1.165) is 20.1 Å². The molecule has 0 unspecified atom stereocenters. The predicted molar refractivity (Wildman–Crippen MR) is 81.5 cm³/mol. The van der Waals surface area contributed by atoms with E-state index in [4.69, 9.17) is 5.11 Å². The molecule has 4 nitrogen and oxygen atoms in total. The lowest BCUT2D eigenvalue weighted by molar-refractivity contribution is -0.120. The molecular weight excluding hydrogens is 348 g/mol. The van der Waals surface area contributed by atoms with E-state index >= 15 is 0 Å². The topological polar surface area (TPSA) is 62.2 Å². The number of hydrogen-bond acceptors (Lipinski definition) is 5. The Labute approximate surface area is 127 Å². The second kappa shape index (κ2) is 7.14. The molecule has 0 aliphatic heterocycles. The Morgan fingerprint density at radius 3 is 2.95 bits per heavy atom. The molecule has 0 aromatic carbocycles. The number of rotatable bonds is 6. The van der Waals surface area contributed by atoms with Crippen LogP contribution in [0, 0.1) is 0 Å². The summed E-state index contributed by atoms with van der Waals surface area (Å²) in [6, 6.07) is 2.02. The van der Waals surface area contributed by atoms with Crippen molar-refractivity contribution in [3.05, 3.63) is 27.0 Å². The lowest BCUT2D eigenvalue weighted by Gasteiger charge is -2.01. The van der Waals surface area contributed by atoms with Crippen LogP contribution in [0.2, 0.25) is 0 Å². The van der Waals surface area contributed by atoms with Gasteiger partial charge in [0.2, 0.25) is 5.91 Å². The van der Waals surface area contributed by atoms with Crippen LogP contribution in [-0.2, 0) is 11.2 Å². The van der Waals surface area contributed by atoms with Crippen molar-refractivity contribution < 1.29 is 9.90 Å². The molecule has 2 heterocycles. The van der Waals surface area contributed by atoms with Crippen LogP contribution >= 0.6 is 38.6 Å². The predicted octanol–water partition coefficient (Wildman–Crippen LogP) is 2.68. The van der Waals surface area contributed by atoms with Crippen LogP contribution in [0.1, 0.15) is 12.1 Å². The molecule has 19 heavy (non-hydrogen) atoms. The highest BCUT2D eigenvalue weighted by atomic mass is 79.9. The number of aliphatic hydroxyl groups excluding tert-OH is 1. The lowest BCUT2D eigenvalue weighted by Crippen LogP contribution is -2.26. The van der Waals surface area contributed by atoms with Crippen molar-refractivity contribution in [1.82, 2.24) is 10.3 Å². The number of thiazole rings is 1. The standard InChI is InChI=1S/C12H13BrN2O2S2/c13-8-4-10(18-6-8)12-15-9(7-19-12)5-11(17)14-2-1-3-16/h4,6-7,16H,1-3,5H2,(H,14,17). The second-order valence-electron chi connectivity index (χ2n) is 3.88. The van der Waals surface area contributed by atoms with E-state index in [1.54, 1.807) is 22.7 Å². The number of nitrogens with one attached hydrogen (secondary N) is 1. The maximum absolute atomic E-state index is 11.6. The number of thiophene rings is 1. The fourth-order valence-corrected chi connectivity index (χ4v) is 3.79. The fraction of sp³-hybridized carbons (Fsp3) is 0.333. The van der Waals surface area contributed by atoms with Crippen molar-refractivity contribution >= 4 is 44.5 Å². The molecule has 7 heteroatoms. The molecule has 102 valence electrons. The van der Waals surface area contributed by atoms with Gasteiger partial charge in [0.15, 0.2) is 0 Å². The van der Waals surface area contributed by atoms with Gasteiger partial charge in [-0.2, -0.15) is 0 Å². The second-order valence-corrected chi connectivity index (χ2v) is 6.56. The molecule has 2 aromatic rings. The molecular formula is C12H13BrN2O2S2. The summed E-state index contributed by atoms with van der Waals surface area (Å²) in [5.74, 6) is -0.0577. The van der Waals surface area contributed by atoms with E-state index in [0.29, 0.717) is 13.0 Å². The number of hydrogen-bond donors (Lipinski definition) is 2. The quantitative estimate of drug-likeness (QED) is 0.778. The summed E-state index contributed by atoms with van der Waals surface area (Å²) < 4.78 is 1.05. The minimum absolute atomic E-state index is 0.0577. The normalized spacial score (nSPS) is 10.6. The molecule has 0 aliphatic rings. The van der Waals surface area contributed by atoms with E-state index in [2.05, 4.69) is 26.2 Å². The average Bonchev–Trinajstić information content (AvgIpc) is 2.98. The van der Waals surface area contributed by atoms with Gasteiger partial charge in [-0.05, 0) is 28.4 Å². The highest BCUT2D eigenvalue weighted by Crippen LogP contribution is 2.31. The molecule has 0 fully saturated rings. The van der Waals surface area contributed by atoms with Crippen LogP contribution in [0.15, 0.2) is 21.3 Å². The van der Waals surface area contributed by atoms with E-state index < -0.39 is 0 Å². The highest BCUT2D eigenvalue weighted by Gasteiger charge is 2.10. The fourth-order valence-electron chi connectivity index (χ4n) is 1.46. The minimum atomic E-state index is -0.0577. The number of carbonyl (C=O) groups is 1. The lowest BCUT2D eigenvalue weighted by atomic mass is 10.3. The van der Waals surface area contributed by atoms with Gasteiger partial charge < -0.3 is 10.4 Å². The number of amides is 1. The molecule has 0 atom stereocenters. The summed E-state index contributed by atoms with van der Waals surface area (Å²) >= 11 is 6.58. The Kier molecular flexibility index (Phi) is 5.50. The zero-order chi connectivity index (χ0) is 13.7. The van der Waals surface area contributed by atoms with Crippen molar-refractivity contribution in [1.29, 1.82) is 0 Å². The van der Waals surface area contributed by atoms with Gasteiger partial charge >= 0.3 is 0 Å². The zero-order valence-corrected chi connectivity index (χ0v) is 13.3. The van der Waals surface area contributed by atoms with Crippen molar-refractivity contribution in [3.8, 4) is 9.88 Å². The third-order valence-corrected chi connectivity index (χ3v) is 5.08. The highest BCUT2D eigenvalue weighted by molar-refractivity contribution is 9.10. The SMILES string of the molecule is O=C(Cc1csc(-c2cc(Br)cs2)n1)NCCCO.